The highest BCUT2D eigenvalue weighted by Crippen LogP contribution is 2.13. The van der Waals surface area contributed by atoms with Gasteiger partial charge in [-0.2, -0.15) is 0 Å². The highest BCUT2D eigenvalue weighted by molar-refractivity contribution is 14.1. The van der Waals surface area contributed by atoms with E-state index in [2.05, 4.69) is 37.5 Å². The maximum Gasteiger partial charge on any atom is 0.157 e. The van der Waals surface area contributed by atoms with E-state index in [1.807, 2.05) is 6.20 Å². The molecule has 0 saturated heterocycles. The Morgan fingerprint density at radius 3 is 3.40 bits per heavy atom. The van der Waals surface area contributed by atoms with Gasteiger partial charge in [-0.15, -0.1) is 0 Å². The van der Waals surface area contributed by atoms with Gasteiger partial charge in [-0.1, -0.05) is 0 Å². The van der Waals surface area contributed by atoms with Crippen LogP contribution in [0.15, 0.2) is 18.6 Å². The molecule has 3 nitrogen and oxygen atoms in total. The molecular formula is C6H4IN3. The highest BCUT2D eigenvalue weighted by atomic mass is 127. The SMILES string of the molecule is [2H]c1cnc2[nH]cc(I)c2n1. The second-order valence-electron chi connectivity index (χ2n) is 1.83. The van der Waals surface area contributed by atoms with E-state index in [9.17, 15) is 0 Å². The monoisotopic (exact) mass is 246 g/mol. The number of rotatable bonds is 0. The van der Waals surface area contributed by atoms with Crippen molar-refractivity contribution in [1.29, 1.82) is 0 Å². The molecule has 2 aromatic rings. The molecule has 2 heterocycles. The molecule has 10 heavy (non-hydrogen) atoms. The second-order valence-corrected chi connectivity index (χ2v) is 3.00. The molecule has 0 radical (unpaired) electrons. The average Bonchev–Trinajstić information content (AvgIpc) is 2.33. The Kier molecular flexibility index (Phi) is 1.11. The molecule has 0 aromatic carbocycles. The van der Waals surface area contributed by atoms with Crippen molar-refractivity contribution in [3.63, 3.8) is 0 Å². The van der Waals surface area contributed by atoms with E-state index >= 15 is 0 Å². The average molecular weight is 246 g/mol. The molecule has 0 fully saturated rings. The molecule has 0 aliphatic rings. The van der Waals surface area contributed by atoms with Crippen LogP contribution in [0.1, 0.15) is 1.37 Å². The topological polar surface area (TPSA) is 41.6 Å². The van der Waals surface area contributed by atoms with Gasteiger partial charge < -0.3 is 4.98 Å². The molecule has 50 valence electrons. The van der Waals surface area contributed by atoms with E-state index in [1.54, 1.807) is 0 Å². The van der Waals surface area contributed by atoms with Crippen LogP contribution in [-0.4, -0.2) is 15.0 Å². The number of halogens is 1. The summed E-state index contributed by atoms with van der Waals surface area (Å²) >= 11 is 2.15. The molecule has 0 spiro atoms. The molecule has 0 aliphatic carbocycles. The van der Waals surface area contributed by atoms with E-state index < -0.39 is 0 Å². The zero-order valence-corrected chi connectivity index (χ0v) is 7.08. The maximum atomic E-state index is 7.22. The van der Waals surface area contributed by atoms with Gasteiger partial charge in [0.15, 0.2) is 5.65 Å². The third-order valence-corrected chi connectivity index (χ3v) is 2.04. The van der Waals surface area contributed by atoms with Gasteiger partial charge in [-0.05, 0) is 22.6 Å². The third-order valence-electron chi connectivity index (χ3n) is 1.21. The first-order valence-corrected chi connectivity index (χ1v) is 3.81. The summed E-state index contributed by atoms with van der Waals surface area (Å²) in [5, 5.41) is 0. The number of hydrogen-bond acceptors (Lipinski definition) is 2. The van der Waals surface area contributed by atoms with Crippen molar-refractivity contribution in [2.45, 2.75) is 0 Å². The first kappa shape index (κ1) is 5.06. The number of nitrogens with one attached hydrogen (secondary N) is 1. The Balaban J connectivity index is 2.87. The number of nitrogens with zero attached hydrogens (tertiary/aromatic N) is 2. The van der Waals surface area contributed by atoms with Crippen molar-refractivity contribution in [1.82, 2.24) is 15.0 Å². The van der Waals surface area contributed by atoms with Crippen LogP contribution in [0.3, 0.4) is 0 Å². The van der Waals surface area contributed by atoms with Crippen LogP contribution in [0.5, 0.6) is 0 Å². The fourth-order valence-electron chi connectivity index (χ4n) is 0.773. The summed E-state index contributed by atoms with van der Waals surface area (Å²) < 4.78 is 8.22. The van der Waals surface area contributed by atoms with Crippen molar-refractivity contribution < 1.29 is 1.37 Å². The van der Waals surface area contributed by atoms with Crippen LogP contribution < -0.4 is 0 Å². The van der Waals surface area contributed by atoms with Crippen LogP contribution in [0.4, 0.5) is 0 Å². The van der Waals surface area contributed by atoms with E-state index in [1.165, 1.54) is 6.20 Å². The second kappa shape index (κ2) is 2.19. The fraction of sp³-hybridized carbons (Fsp3) is 0. The molecule has 0 amide bonds. The summed E-state index contributed by atoms with van der Waals surface area (Å²) in [4.78, 5) is 10.9. The summed E-state index contributed by atoms with van der Waals surface area (Å²) in [6.07, 6.45) is 3.45. The standard InChI is InChI=1S/C6H4IN3/c7-4-3-10-6-5(4)8-1-2-9-6/h1-3H,(H,9,10)/i1D. The first-order valence-electron chi connectivity index (χ1n) is 3.23. The fourth-order valence-corrected chi connectivity index (χ4v) is 1.30. The van der Waals surface area contributed by atoms with Crippen LogP contribution in [0.25, 0.3) is 11.2 Å². The van der Waals surface area contributed by atoms with E-state index in [0.717, 1.165) is 14.7 Å². The molecule has 0 unspecified atom stereocenters. The smallest absolute Gasteiger partial charge is 0.157 e. The van der Waals surface area contributed by atoms with Gasteiger partial charge >= 0.3 is 0 Å². The number of aromatic nitrogens is 3. The van der Waals surface area contributed by atoms with Crippen LogP contribution in [0.2, 0.25) is 0 Å². The minimum Gasteiger partial charge on any atom is -0.344 e. The van der Waals surface area contributed by atoms with Gasteiger partial charge in [0, 0.05) is 18.6 Å². The van der Waals surface area contributed by atoms with Crippen LogP contribution in [0, 0.1) is 3.57 Å². The molecule has 0 bridgehead atoms. The van der Waals surface area contributed by atoms with E-state index in [4.69, 9.17) is 1.37 Å². The van der Waals surface area contributed by atoms with Crippen LogP contribution in [-0.2, 0) is 0 Å². The Morgan fingerprint density at radius 1 is 1.60 bits per heavy atom. The van der Waals surface area contributed by atoms with Gasteiger partial charge in [0.05, 0.1) is 4.94 Å². The number of aromatic amines is 1. The Hall–Kier alpha value is -0.650. The molecule has 0 aliphatic heterocycles. The summed E-state index contributed by atoms with van der Waals surface area (Å²) in [6.45, 7) is 0. The van der Waals surface area contributed by atoms with Gasteiger partial charge in [-0.25, -0.2) is 4.98 Å². The highest BCUT2D eigenvalue weighted by Gasteiger charge is 1.99. The van der Waals surface area contributed by atoms with Crippen molar-refractivity contribution in [3.8, 4) is 0 Å². The Labute approximate surface area is 72.4 Å². The van der Waals surface area contributed by atoms with Crippen molar-refractivity contribution >= 4 is 33.8 Å². The van der Waals surface area contributed by atoms with Gasteiger partial charge in [0.2, 0.25) is 0 Å². The molecule has 2 rings (SSSR count). The van der Waals surface area contributed by atoms with Gasteiger partial charge in [0.25, 0.3) is 0 Å². The molecule has 0 saturated carbocycles. The third kappa shape index (κ3) is 0.792. The summed E-state index contributed by atoms with van der Waals surface area (Å²) in [7, 11) is 0. The summed E-state index contributed by atoms with van der Waals surface area (Å²) in [6, 6.07) is 0. The van der Waals surface area contributed by atoms with Crippen LogP contribution >= 0.6 is 22.6 Å². The predicted molar refractivity (Wildman–Crippen MR) is 46.6 cm³/mol. The normalized spacial score (nSPS) is 11.9. The van der Waals surface area contributed by atoms with Gasteiger partial charge in [0.1, 0.15) is 5.52 Å². The lowest BCUT2D eigenvalue weighted by atomic mass is 10.5. The largest absolute Gasteiger partial charge is 0.344 e. The Morgan fingerprint density at radius 2 is 2.50 bits per heavy atom. The lowest BCUT2D eigenvalue weighted by molar-refractivity contribution is 1.26. The molecule has 1 N–H and O–H groups in total. The Bertz CT molecular complexity index is 398. The van der Waals surface area contributed by atoms with Crippen molar-refractivity contribution in [2.24, 2.45) is 0 Å². The molecule has 4 heteroatoms. The van der Waals surface area contributed by atoms with Gasteiger partial charge in [-0.3, -0.25) is 4.98 Å². The molecular weight excluding hydrogens is 241 g/mol. The minimum atomic E-state index is 0.204. The number of H-pyrrole nitrogens is 1. The predicted octanol–water partition coefficient (Wildman–Crippen LogP) is 1.56. The quantitative estimate of drug-likeness (QED) is 0.716. The summed E-state index contributed by atoms with van der Waals surface area (Å²) in [5.41, 5.74) is 1.52. The number of hydrogen-bond donors (Lipinski definition) is 1. The van der Waals surface area contributed by atoms with Crippen molar-refractivity contribution in [3.05, 3.63) is 22.1 Å². The molecule has 2 aromatic heterocycles. The van der Waals surface area contributed by atoms with Crippen molar-refractivity contribution in [2.75, 3.05) is 0 Å². The maximum absolute atomic E-state index is 7.22. The zero-order valence-electron chi connectivity index (χ0n) is 5.93. The molecule has 0 atom stereocenters. The van der Waals surface area contributed by atoms with E-state index in [0.29, 0.717) is 0 Å². The zero-order chi connectivity index (χ0) is 7.84. The summed E-state index contributed by atoms with van der Waals surface area (Å²) in [5.74, 6) is 0. The first-order chi connectivity index (χ1) is 5.27. The lowest BCUT2D eigenvalue weighted by Crippen LogP contribution is -1.77. The van der Waals surface area contributed by atoms with E-state index in [-0.39, 0.29) is 6.17 Å². The lowest BCUT2D eigenvalue weighted by Gasteiger charge is -1.84. The minimum absolute atomic E-state index is 0.204. The number of fused-ring (bicyclic) bond motifs is 1.